The number of H-pyrrole nitrogens is 4. The van der Waals surface area contributed by atoms with Crippen molar-refractivity contribution in [1.82, 2.24) is 98.4 Å². The van der Waals surface area contributed by atoms with Crippen molar-refractivity contribution in [3.63, 3.8) is 0 Å². The van der Waals surface area contributed by atoms with Crippen molar-refractivity contribution >= 4 is 149 Å². The molecular weight excluding hydrogens is 1830 g/mol. The SMILES string of the molecule is CC(=O)C(C)NP(=O)(COCCn1cnc2c(=O)[nH]c(N)nc21)OCc1cccc(Br)c1.CC(=O)C(C)NP(=O)(COCCn1cnc2c(=O)[nH]c(N)nc21)OCc1cccc(Cl)c1.CC(=O)C(C)NP(=O)(COCCn1cnc2c(=O)[nH]c(N)nc21)OCc1cccc(F)c1.CC(=O)C(C)NP(=O)(COCCn1cnc2c(=O)[nH]c(N)nc21)OCc1ccccc1. The van der Waals surface area contributed by atoms with Crippen LogP contribution in [0.5, 0.6) is 0 Å². The Bertz CT molecular complexity index is 5830. The van der Waals surface area contributed by atoms with E-state index in [-0.39, 0.29) is 160 Å². The van der Waals surface area contributed by atoms with Gasteiger partial charge in [0.15, 0.2) is 44.7 Å². The molecule has 12 aromatic rings. The number of fused-ring (bicyclic) bond motifs is 4. The van der Waals surface area contributed by atoms with Crippen LogP contribution < -0.4 is 65.5 Å². The molecular formula is C76H97BrClFN24O20P4. The summed E-state index contributed by atoms with van der Waals surface area (Å²) in [6, 6.07) is 26.6. The maximum atomic E-state index is 13.4. The molecule has 0 bridgehead atoms. The lowest BCUT2D eigenvalue weighted by Gasteiger charge is -2.22. The largest absolute Gasteiger partial charge is 0.369 e. The van der Waals surface area contributed by atoms with Gasteiger partial charge >= 0.3 is 0 Å². The Kier molecular flexibility index (Phi) is 36.9. The van der Waals surface area contributed by atoms with Gasteiger partial charge in [-0.25, -0.2) is 44.7 Å². The van der Waals surface area contributed by atoms with Gasteiger partial charge in [-0.1, -0.05) is 94.3 Å². The molecule has 0 aliphatic rings. The minimum Gasteiger partial charge on any atom is -0.369 e. The number of hydrogen-bond acceptors (Lipinski definition) is 32. The second-order valence-electron chi connectivity index (χ2n) is 28.4. The van der Waals surface area contributed by atoms with Gasteiger partial charge < -0.3 is 78.2 Å². The zero-order valence-corrected chi connectivity index (χ0v) is 75.9. The van der Waals surface area contributed by atoms with Gasteiger partial charge in [0, 0.05) is 35.7 Å². The second kappa shape index (κ2) is 46.9. The topological polar surface area (TPSA) is 617 Å². The first-order valence-corrected chi connectivity index (χ1v) is 47.2. The number of carbonyl (C=O) groups is 4. The fourth-order valence-corrected chi connectivity index (χ4v) is 18.6. The molecule has 0 aliphatic carbocycles. The summed E-state index contributed by atoms with van der Waals surface area (Å²) in [5.74, 6) is -1.28. The van der Waals surface area contributed by atoms with Crippen molar-refractivity contribution in [1.29, 1.82) is 0 Å². The number of rotatable bonds is 44. The quantitative estimate of drug-likeness (QED) is 0.0126. The number of Topliss-reactive ketones (excluding diaryl/α,β-unsaturated/α-hetero) is 4. The summed E-state index contributed by atoms with van der Waals surface area (Å²) in [5, 5.41) is 11.5. The predicted octanol–water partition coefficient (Wildman–Crippen LogP) is 8.17. The number of ketones is 4. The number of anilines is 4. The van der Waals surface area contributed by atoms with E-state index >= 15 is 0 Å². The number of nitrogens with zero attached hydrogens (tertiary/aromatic N) is 12. The summed E-state index contributed by atoms with van der Waals surface area (Å²) in [6.45, 7) is 13.7. The minimum atomic E-state index is -3.61. The normalized spacial score (nSPS) is 14.4. The summed E-state index contributed by atoms with van der Waals surface area (Å²) in [5.41, 5.74) is 25.4. The number of benzene rings is 4. The highest BCUT2D eigenvalue weighted by Gasteiger charge is 2.33. The van der Waals surface area contributed by atoms with Crippen molar-refractivity contribution in [3.8, 4) is 0 Å². The Labute approximate surface area is 736 Å². The van der Waals surface area contributed by atoms with Crippen LogP contribution in [0.2, 0.25) is 5.02 Å². The van der Waals surface area contributed by atoms with Crippen molar-refractivity contribution < 1.29 is 78.9 Å². The van der Waals surface area contributed by atoms with Crippen LogP contribution in [0.4, 0.5) is 28.2 Å². The zero-order chi connectivity index (χ0) is 92.3. The fraction of sp³-hybridized carbons (Fsp3) is 0.368. The third-order valence-corrected chi connectivity index (χ3v) is 26.3. The number of aromatic amines is 4. The molecule has 0 aliphatic heterocycles. The smallest absolute Gasteiger partial charge is 0.295 e. The van der Waals surface area contributed by atoms with Gasteiger partial charge in [0.25, 0.3) is 52.3 Å². The molecule has 51 heteroatoms. The van der Waals surface area contributed by atoms with Crippen molar-refractivity contribution in [2.45, 2.75) is 132 Å². The molecule has 127 heavy (non-hydrogen) atoms. The average Bonchev–Trinajstić information content (AvgIpc) is 1.68. The van der Waals surface area contributed by atoms with E-state index < -0.39 is 82.3 Å². The number of imidazole rings is 4. The first-order valence-electron chi connectivity index (χ1n) is 38.8. The molecule has 0 saturated carbocycles. The number of carbonyl (C=O) groups excluding carboxylic acids is 4. The van der Waals surface area contributed by atoms with Crippen molar-refractivity contribution in [2.24, 2.45) is 0 Å². The molecule has 0 amide bonds. The third-order valence-electron chi connectivity index (χ3n) is 18.2. The van der Waals surface area contributed by atoms with Gasteiger partial charge in [-0.3, -0.25) is 76.6 Å². The van der Waals surface area contributed by atoms with E-state index in [1.807, 2.05) is 54.6 Å². The maximum Gasteiger partial charge on any atom is 0.295 e. The molecule has 0 radical (unpaired) electrons. The Morgan fingerprint density at radius 2 is 0.677 bits per heavy atom. The van der Waals surface area contributed by atoms with Gasteiger partial charge in [0.1, 0.15) is 54.3 Å². The highest BCUT2D eigenvalue weighted by molar-refractivity contribution is 9.10. The average molecular weight is 1930 g/mol. The Balaban J connectivity index is 0.000000191. The van der Waals surface area contributed by atoms with Gasteiger partial charge in [0.2, 0.25) is 23.8 Å². The van der Waals surface area contributed by atoms with Gasteiger partial charge in [-0.15, -0.1) is 0 Å². The number of nitrogens with two attached hydrogens (primary N) is 4. The van der Waals surface area contributed by atoms with Crippen LogP contribution in [0.3, 0.4) is 0 Å². The number of aromatic nitrogens is 16. The van der Waals surface area contributed by atoms with Crippen molar-refractivity contribution in [2.75, 3.05) is 74.8 Å². The number of nitrogens with one attached hydrogen (secondary N) is 8. The Morgan fingerprint density at radius 1 is 0.409 bits per heavy atom. The molecule has 0 fully saturated rings. The van der Waals surface area contributed by atoms with Crippen LogP contribution in [0.25, 0.3) is 44.7 Å². The molecule has 8 unspecified atom stereocenters. The van der Waals surface area contributed by atoms with E-state index in [1.54, 1.807) is 76.3 Å². The van der Waals surface area contributed by atoms with Gasteiger partial charge in [0.05, 0.1) is 102 Å². The summed E-state index contributed by atoms with van der Waals surface area (Å²) in [6.07, 6.45) is 4.69. The number of halogens is 3. The molecule has 0 spiro atoms. The zero-order valence-electron chi connectivity index (χ0n) is 70.0. The molecule has 44 nitrogen and oxygen atoms in total. The monoisotopic (exact) mass is 1920 g/mol. The molecule has 8 heterocycles. The van der Waals surface area contributed by atoms with Crippen LogP contribution in [0.1, 0.15) is 77.6 Å². The van der Waals surface area contributed by atoms with Crippen LogP contribution in [-0.4, -0.2) is 177 Å². The lowest BCUT2D eigenvalue weighted by Crippen LogP contribution is -2.32. The number of hydrogen-bond donors (Lipinski definition) is 12. The second-order valence-corrected chi connectivity index (χ2v) is 38.2. The number of ether oxygens (including phenoxy) is 4. The lowest BCUT2D eigenvalue weighted by molar-refractivity contribution is -0.119. The van der Waals surface area contributed by atoms with Crippen LogP contribution in [-0.2, 0) is 127 Å². The standard InChI is InChI=1S/C19H24BrN6O5P.C19H24ClN6O5P.C19H24FN6O5P.C19H25N6O5P/c3*1-12(13(2)27)25-32(29,31-9-14-4-3-5-15(20)8-14)11-30-7-6-26-10-22-16-17(26)23-19(21)24-18(16)28;1-13(14(2)26)24-31(28,30-10-15-6-4-3-5-7-15)12-29-9-8-25-11-21-16-17(25)22-19(20)23-18(16)27/h3*3-5,8,10,12H,6-7,9,11H2,1-2H3,(H,25,29)(H3,21,23,24,28);3-7,11,13H,8-10,12H2,1-2H3,(H,24,28)(H3,20,22,23,27). The molecule has 8 atom stereocenters. The summed E-state index contributed by atoms with van der Waals surface area (Å²) in [7, 11) is -14.1. The van der Waals surface area contributed by atoms with Crippen LogP contribution in [0.15, 0.2) is 152 Å². The number of nitrogen functional groups attached to an aromatic ring is 4. The molecule has 16 N–H and O–H groups in total. The molecule has 8 aromatic heterocycles. The van der Waals surface area contributed by atoms with E-state index in [9.17, 15) is 61.0 Å². The van der Waals surface area contributed by atoms with Gasteiger partial charge in [-0.05, 0) is 114 Å². The van der Waals surface area contributed by atoms with Crippen LogP contribution in [0, 0.1) is 5.82 Å². The van der Waals surface area contributed by atoms with E-state index in [0.717, 1.165) is 21.2 Å². The Morgan fingerprint density at radius 3 is 0.961 bits per heavy atom. The predicted molar refractivity (Wildman–Crippen MR) is 475 cm³/mol. The van der Waals surface area contributed by atoms with Gasteiger partial charge in [-0.2, -0.15) is 19.9 Å². The summed E-state index contributed by atoms with van der Waals surface area (Å²) >= 11 is 9.37. The van der Waals surface area contributed by atoms with E-state index in [2.05, 4.69) is 96.1 Å². The first-order chi connectivity index (χ1) is 60.3. The fourth-order valence-electron chi connectivity index (χ4n) is 11.1. The van der Waals surface area contributed by atoms with Crippen LogP contribution >= 0.6 is 57.6 Å². The Hall–Kier alpha value is -10.7. The van der Waals surface area contributed by atoms with Crippen molar-refractivity contribution in [3.05, 3.63) is 207 Å². The molecule has 682 valence electrons. The maximum absolute atomic E-state index is 13.4. The van der Waals surface area contributed by atoms with E-state index in [0.29, 0.717) is 46.3 Å². The molecule has 0 saturated heterocycles. The lowest BCUT2D eigenvalue weighted by atomic mass is 10.2. The molecule has 4 aromatic carbocycles. The summed E-state index contributed by atoms with van der Waals surface area (Å²) in [4.78, 5) is 136. The molecule has 12 rings (SSSR count). The highest BCUT2D eigenvalue weighted by atomic mass is 79.9. The summed E-state index contributed by atoms with van der Waals surface area (Å²) < 4.78 is 119. The minimum absolute atomic E-state index is 0.0126. The van der Waals surface area contributed by atoms with E-state index in [4.69, 9.17) is 71.6 Å². The highest BCUT2D eigenvalue weighted by Crippen LogP contribution is 2.47. The first kappa shape index (κ1) is 100. The van der Waals surface area contributed by atoms with E-state index in [1.165, 1.54) is 71.2 Å². The third kappa shape index (κ3) is 30.8.